The van der Waals surface area contributed by atoms with Crippen molar-refractivity contribution in [3.05, 3.63) is 23.8 Å². The van der Waals surface area contributed by atoms with E-state index in [9.17, 15) is 0 Å². The Morgan fingerprint density at radius 1 is 1.22 bits per heavy atom. The van der Waals surface area contributed by atoms with Crippen LogP contribution in [0.4, 0.5) is 11.4 Å². The molecular weight excluding hydrogens is 220 g/mol. The minimum Gasteiger partial charge on any atom is -0.397 e. The van der Waals surface area contributed by atoms with Gasteiger partial charge in [-0.05, 0) is 30.4 Å². The van der Waals surface area contributed by atoms with Crippen LogP contribution in [-0.2, 0) is 0 Å². The van der Waals surface area contributed by atoms with Gasteiger partial charge >= 0.3 is 0 Å². The zero-order valence-electron chi connectivity index (χ0n) is 12.3. The Balaban J connectivity index is 2.53. The Morgan fingerprint density at radius 2 is 1.94 bits per heavy atom. The molecule has 0 saturated heterocycles. The third kappa shape index (κ3) is 4.59. The number of anilines is 2. The van der Waals surface area contributed by atoms with Crippen LogP contribution in [0.3, 0.4) is 0 Å². The van der Waals surface area contributed by atoms with Crippen molar-refractivity contribution in [2.24, 2.45) is 5.41 Å². The summed E-state index contributed by atoms with van der Waals surface area (Å²) in [5, 5.41) is 3.52. The zero-order valence-corrected chi connectivity index (χ0v) is 12.3. The molecule has 0 atom stereocenters. The van der Waals surface area contributed by atoms with E-state index in [0.29, 0.717) is 5.41 Å². The normalized spacial score (nSPS) is 11.6. The first-order chi connectivity index (χ1) is 8.46. The number of hydrogen-bond acceptors (Lipinski definition) is 2. The van der Waals surface area contributed by atoms with Gasteiger partial charge in [-0.25, -0.2) is 0 Å². The summed E-state index contributed by atoms with van der Waals surface area (Å²) in [4.78, 5) is 0. The van der Waals surface area contributed by atoms with E-state index in [4.69, 9.17) is 5.73 Å². The fraction of sp³-hybridized carbons (Fsp3) is 0.625. The van der Waals surface area contributed by atoms with Gasteiger partial charge < -0.3 is 11.1 Å². The average Bonchev–Trinajstić information content (AvgIpc) is 2.28. The average molecular weight is 248 g/mol. The molecule has 18 heavy (non-hydrogen) atoms. The standard InChI is InChI=1S/C16H28N2/c1-5-6-7-11-16(3,4)12-18-15-13(2)9-8-10-14(15)17/h8-10,18H,5-7,11-12,17H2,1-4H3. The molecule has 0 aliphatic rings. The maximum atomic E-state index is 6.01. The topological polar surface area (TPSA) is 38.0 Å². The van der Waals surface area contributed by atoms with Gasteiger partial charge in [0.2, 0.25) is 0 Å². The van der Waals surface area contributed by atoms with E-state index in [1.54, 1.807) is 0 Å². The second kappa shape index (κ2) is 6.67. The van der Waals surface area contributed by atoms with Crippen molar-refractivity contribution < 1.29 is 0 Å². The minimum absolute atomic E-state index is 0.323. The summed E-state index contributed by atoms with van der Waals surface area (Å²) in [7, 11) is 0. The highest BCUT2D eigenvalue weighted by Crippen LogP contribution is 2.27. The summed E-state index contributed by atoms with van der Waals surface area (Å²) in [6.45, 7) is 9.97. The molecule has 0 bridgehead atoms. The van der Waals surface area contributed by atoms with Crippen LogP contribution < -0.4 is 11.1 Å². The Kier molecular flexibility index (Phi) is 5.52. The summed E-state index contributed by atoms with van der Waals surface area (Å²) < 4.78 is 0. The number of unbranched alkanes of at least 4 members (excludes halogenated alkanes) is 2. The monoisotopic (exact) mass is 248 g/mol. The molecule has 0 aliphatic carbocycles. The molecule has 2 nitrogen and oxygen atoms in total. The van der Waals surface area contributed by atoms with Crippen LogP contribution in [0.5, 0.6) is 0 Å². The fourth-order valence-electron chi connectivity index (χ4n) is 2.20. The van der Waals surface area contributed by atoms with E-state index in [1.807, 2.05) is 12.1 Å². The highest BCUT2D eigenvalue weighted by Gasteiger charge is 2.17. The summed E-state index contributed by atoms with van der Waals surface area (Å²) >= 11 is 0. The fourth-order valence-corrected chi connectivity index (χ4v) is 2.20. The van der Waals surface area contributed by atoms with E-state index < -0.39 is 0 Å². The molecule has 1 aromatic rings. The van der Waals surface area contributed by atoms with E-state index >= 15 is 0 Å². The Bertz CT molecular complexity index is 349. The van der Waals surface area contributed by atoms with Gasteiger partial charge in [0.25, 0.3) is 0 Å². The van der Waals surface area contributed by atoms with Gasteiger partial charge in [-0.2, -0.15) is 0 Å². The maximum Gasteiger partial charge on any atom is 0.0603 e. The lowest BCUT2D eigenvalue weighted by molar-refractivity contribution is 0.342. The van der Waals surface area contributed by atoms with Gasteiger partial charge in [0, 0.05) is 6.54 Å². The van der Waals surface area contributed by atoms with Crippen LogP contribution in [0.2, 0.25) is 0 Å². The van der Waals surface area contributed by atoms with Gasteiger partial charge in [0.15, 0.2) is 0 Å². The largest absolute Gasteiger partial charge is 0.397 e. The van der Waals surface area contributed by atoms with Crippen molar-refractivity contribution in [1.82, 2.24) is 0 Å². The van der Waals surface area contributed by atoms with Crippen molar-refractivity contribution in [3.63, 3.8) is 0 Å². The lowest BCUT2D eigenvalue weighted by atomic mass is 9.86. The number of nitrogens with two attached hydrogens (primary N) is 1. The van der Waals surface area contributed by atoms with Gasteiger partial charge in [0.05, 0.1) is 11.4 Å². The van der Waals surface area contributed by atoms with Gasteiger partial charge in [-0.3, -0.25) is 0 Å². The predicted octanol–water partition coefficient (Wildman–Crippen LogP) is 4.60. The summed E-state index contributed by atoms with van der Waals surface area (Å²) in [5.41, 5.74) is 9.50. The van der Waals surface area contributed by atoms with Gasteiger partial charge in [-0.15, -0.1) is 0 Å². The SMILES string of the molecule is CCCCCC(C)(C)CNc1c(C)cccc1N. The first-order valence-electron chi connectivity index (χ1n) is 7.05. The van der Waals surface area contributed by atoms with Crippen molar-refractivity contribution in [1.29, 1.82) is 0 Å². The Morgan fingerprint density at radius 3 is 2.56 bits per heavy atom. The lowest BCUT2D eigenvalue weighted by Crippen LogP contribution is -2.23. The number of rotatable bonds is 7. The van der Waals surface area contributed by atoms with E-state index in [-0.39, 0.29) is 0 Å². The van der Waals surface area contributed by atoms with Crippen molar-refractivity contribution >= 4 is 11.4 Å². The molecule has 2 heteroatoms. The molecular formula is C16H28N2. The third-order valence-corrected chi connectivity index (χ3v) is 3.51. The quantitative estimate of drug-likeness (QED) is 0.547. The lowest BCUT2D eigenvalue weighted by Gasteiger charge is -2.26. The molecule has 0 saturated carbocycles. The molecule has 0 radical (unpaired) electrons. The number of hydrogen-bond donors (Lipinski definition) is 2. The maximum absolute atomic E-state index is 6.01. The molecule has 0 heterocycles. The minimum atomic E-state index is 0.323. The van der Waals surface area contributed by atoms with E-state index in [1.165, 1.54) is 31.2 Å². The van der Waals surface area contributed by atoms with E-state index in [2.05, 4.69) is 39.1 Å². The molecule has 0 aromatic heterocycles. The van der Waals surface area contributed by atoms with Gasteiger partial charge in [0.1, 0.15) is 0 Å². The van der Waals surface area contributed by atoms with Crippen molar-refractivity contribution in [2.75, 3.05) is 17.6 Å². The number of aryl methyl sites for hydroxylation is 1. The number of nitrogens with one attached hydrogen (secondary N) is 1. The van der Waals surface area contributed by atoms with Crippen LogP contribution in [0.25, 0.3) is 0 Å². The smallest absolute Gasteiger partial charge is 0.0603 e. The summed E-state index contributed by atoms with van der Waals surface area (Å²) in [6, 6.07) is 6.06. The predicted molar refractivity (Wildman–Crippen MR) is 82.0 cm³/mol. The molecule has 102 valence electrons. The number of benzene rings is 1. The van der Waals surface area contributed by atoms with Crippen LogP contribution >= 0.6 is 0 Å². The molecule has 0 amide bonds. The van der Waals surface area contributed by atoms with E-state index in [0.717, 1.165) is 17.9 Å². The molecule has 0 aliphatic heterocycles. The van der Waals surface area contributed by atoms with Crippen molar-refractivity contribution in [3.8, 4) is 0 Å². The molecule has 0 unspecified atom stereocenters. The molecule has 0 fully saturated rings. The van der Waals surface area contributed by atoms with Crippen LogP contribution in [-0.4, -0.2) is 6.54 Å². The number of para-hydroxylation sites is 1. The summed E-state index contributed by atoms with van der Waals surface area (Å²) in [5.74, 6) is 0. The first kappa shape index (κ1) is 14.9. The molecule has 1 rings (SSSR count). The van der Waals surface area contributed by atoms with Crippen molar-refractivity contribution in [2.45, 2.75) is 53.4 Å². The second-order valence-electron chi connectivity index (χ2n) is 6.01. The first-order valence-corrected chi connectivity index (χ1v) is 7.05. The third-order valence-electron chi connectivity index (χ3n) is 3.51. The molecule has 0 spiro atoms. The number of nitrogen functional groups attached to an aromatic ring is 1. The second-order valence-corrected chi connectivity index (χ2v) is 6.01. The highest BCUT2D eigenvalue weighted by atomic mass is 14.9. The summed E-state index contributed by atoms with van der Waals surface area (Å²) in [6.07, 6.45) is 5.19. The van der Waals surface area contributed by atoms with Crippen LogP contribution in [0.15, 0.2) is 18.2 Å². The highest BCUT2D eigenvalue weighted by molar-refractivity contribution is 5.69. The van der Waals surface area contributed by atoms with Crippen LogP contribution in [0, 0.1) is 12.3 Å². The zero-order chi connectivity index (χ0) is 13.6. The molecule has 3 N–H and O–H groups in total. The Hall–Kier alpha value is -1.18. The Labute approximate surface area is 112 Å². The van der Waals surface area contributed by atoms with Gasteiger partial charge in [-0.1, -0.05) is 52.2 Å². The van der Waals surface area contributed by atoms with Crippen LogP contribution in [0.1, 0.15) is 52.0 Å². The molecule has 1 aromatic carbocycles.